The first-order valence-corrected chi connectivity index (χ1v) is 18.4. The zero-order chi connectivity index (χ0) is 35.8. The number of fused-ring (bicyclic) bond motifs is 4. The van der Waals surface area contributed by atoms with Crippen LogP contribution in [0.25, 0.3) is 77.2 Å². The first-order valence-electron chi connectivity index (χ1n) is 18.4. The summed E-state index contributed by atoms with van der Waals surface area (Å²) in [6, 6.07) is 76.1. The topological polar surface area (TPSA) is 16.4 Å². The largest absolute Gasteiger partial charge is 0.456 e. The van der Waals surface area contributed by atoms with Crippen molar-refractivity contribution in [3.8, 4) is 44.5 Å². The van der Waals surface area contributed by atoms with Crippen LogP contribution in [-0.2, 0) is 0 Å². The molecule has 0 spiro atoms. The van der Waals surface area contributed by atoms with Crippen LogP contribution in [0.4, 0.5) is 17.1 Å². The van der Waals surface area contributed by atoms with E-state index in [9.17, 15) is 0 Å². The van der Waals surface area contributed by atoms with Gasteiger partial charge in [0.2, 0.25) is 0 Å². The Labute approximate surface area is 314 Å². The van der Waals surface area contributed by atoms with Gasteiger partial charge in [0.1, 0.15) is 11.2 Å². The highest BCUT2D eigenvalue weighted by atomic mass is 16.3. The summed E-state index contributed by atoms with van der Waals surface area (Å²) in [5, 5.41) is 4.74. The van der Waals surface area contributed by atoms with Gasteiger partial charge in [0.25, 0.3) is 0 Å². The zero-order valence-corrected chi connectivity index (χ0v) is 29.6. The Balaban J connectivity index is 1.12. The number of anilines is 3. The van der Waals surface area contributed by atoms with Crippen molar-refractivity contribution in [2.75, 3.05) is 4.90 Å². The lowest BCUT2D eigenvalue weighted by Crippen LogP contribution is -2.10. The molecule has 0 N–H and O–H groups in total. The Morgan fingerprint density at radius 1 is 0.278 bits per heavy atom. The van der Waals surface area contributed by atoms with Crippen LogP contribution in [-0.4, -0.2) is 0 Å². The minimum absolute atomic E-state index is 0.899. The highest BCUT2D eigenvalue weighted by Crippen LogP contribution is 2.42. The highest BCUT2D eigenvalue weighted by Gasteiger charge is 2.18. The molecular weight excluding hydrogens is 655 g/mol. The summed E-state index contributed by atoms with van der Waals surface area (Å²) in [5.74, 6) is 0. The Morgan fingerprint density at radius 2 is 0.852 bits per heavy atom. The van der Waals surface area contributed by atoms with Crippen LogP contribution >= 0.6 is 0 Å². The van der Waals surface area contributed by atoms with Crippen molar-refractivity contribution in [2.45, 2.75) is 0 Å². The average molecular weight is 690 g/mol. The van der Waals surface area contributed by atoms with E-state index in [1.807, 2.05) is 12.1 Å². The molecular formula is C52H35NO. The predicted octanol–water partition coefficient (Wildman–Crippen LogP) is 14.9. The van der Waals surface area contributed by atoms with Crippen LogP contribution < -0.4 is 4.90 Å². The Kier molecular flexibility index (Phi) is 7.85. The van der Waals surface area contributed by atoms with E-state index in [0.29, 0.717) is 0 Å². The van der Waals surface area contributed by atoms with Crippen molar-refractivity contribution in [1.82, 2.24) is 0 Å². The summed E-state index contributed by atoms with van der Waals surface area (Å²) in [4.78, 5) is 2.38. The van der Waals surface area contributed by atoms with Gasteiger partial charge in [0, 0.05) is 27.8 Å². The third-order valence-corrected chi connectivity index (χ3v) is 10.5. The van der Waals surface area contributed by atoms with E-state index in [1.54, 1.807) is 0 Å². The summed E-state index contributed by atoms with van der Waals surface area (Å²) in [5.41, 5.74) is 14.5. The lowest BCUT2D eigenvalue weighted by Gasteiger charge is -2.27. The standard InChI is InChI=1S/C52H35NO/c1-3-13-38(14-4-1)47-30-29-46(35-49(47)39-15-5-2-6-16-39)53(44-27-24-37(25-28-44)42-23-22-36-12-7-8-17-40(36)32-42)45-19-11-18-41(33-45)43-26-31-52-50(34-43)48-20-9-10-21-51(48)54-52/h1-35H. The minimum Gasteiger partial charge on any atom is -0.456 e. The van der Waals surface area contributed by atoms with Gasteiger partial charge in [-0.05, 0) is 116 Å². The molecule has 10 aromatic rings. The fraction of sp³-hybridized carbons (Fsp3) is 0. The van der Waals surface area contributed by atoms with E-state index in [4.69, 9.17) is 4.42 Å². The summed E-state index contributed by atoms with van der Waals surface area (Å²) in [6.45, 7) is 0. The third-order valence-electron chi connectivity index (χ3n) is 10.5. The normalized spacial score (nSPS) is 11.3. The van der Waals surface area contributed by atoms with Crippen molar-refractivity contribution in [2.24, 2.45) is 0 Å². The summed E-state index contributed by atoms with van der Waals surface area (Å²) >= 11 is 0. The number of hydrogen-bond acceptors (Lipinski definition) is 2. The number of benzene rings is 9. The molecule has 0 fully saturated rings. The molecule has 2 nitrogen and oxygen atoms in total. The van der Waals surface area contributed by atoms with Gasteiger partial charge in [-0.15, -0.1) is 0 Å². The second-order valence-corrected chi connectivity index (χ2v) is 13.8. The second kappa shape index (κ2) is 13.4. The van der Waals surface area contributed by atoms with Gasteiger partial charge in [-0.25, -0.2) is 0 Å². The molecule has 1 heterocycles. The zero-order valence-electron chi connectivity index (χ0n) is 29.6. The van der Waals surface area contributed by atoms with Gasteiger partial charge in [0.05, 0.1) is 0 Å². The van der Waals surface area contributed by atoms with Crippen molar-refractivity contribution in [3.05, 3.63) is 212 Å². The molecule has 0 aliphatic rings. The van der Waals surface area contributed by atoms with E-state index in [0.717, 1.165) is 50.1 Å². The van der Waals surface area contributed by atoms with Crippen LogP contribution in [0.2, 0.25) is 0 Å². The van der Waals surface area contributed by atoms with Gasteiger partial charge in [-0.3, -0.25) is 0 Å². The van der Waals surface area contributed by atoms with E-state index >= 15 is 0 Å². The fourth-order valence-corrected chi connectivity index (χ4v) is 7.75. The lowest BCUT2D eigenvalue weighted by atomic mass is 9.93. The maximum Gasteiger partial charge on any atom is 0.135 e. The van der Waals surface area contributed by atoms with E-state index in [1.165, 1.54) is 44.2 Å². The molecule has 0 saturated carbocycles. The molecule has 54 heavy (non-hydrogen) atoms. The molecule has 1 aromatic heterocycles. The molecule has 0 aliphatic heterocycles. The maximum absolute atomic E-state index is 6.16. The lowest BCUT2D eigenvalue weighted by molar-refractivity contribution is 0.669. The Bertz CT molecular complexity index is 2920. The SMILES string of the molecule is c1ccc(-c2ccc(N(c3ccc(-c4ccc5ccccc5c4)cc3)c3cccc(-c4ccc5oc6ccccc6c5c4)c3)cc2-c2ccccc2)cc1. The first kappa shape index (κ1) is 31.6. The van der Waals surface area contributed by atoms with Crippen LogP contribution in [0.3, 0.4) is 0 Å². The van der Waals surface area contributed by atoms with Crippen molar-refractivity contribution < 1.29 is 4.42 Å². The molecule has 0 unspecified atom stereocenters. The molecule has 0 atom stereocenters. The molecule has 0 bridgehead atoms. The van der Waals surface area contributed by atoms with Crippen LogP contribution in [0.15, 0.2) is 217 Å². The molecule has 0 saturated heterocycles. The van der Waals surface area contributed by atoms with Crippen molar-refractivity contribution in [1.29, 1.82) is 0 Å². The predicted molar refractivity (Wildman–Crippen MR) is 228 cm³/mol. The van der Waals surface area contributed by atoms with Gasteiger partial charge < -0.3 is 9.32 Å². The second-order valence-electron chi connectivity index (χ2n) is 13.8. The average Bonchev–Trinajstić information content (AvgIpc) is 3.63. The molecule has 254 valence electrons. The van der Waals surface area contributed by atoms with E-state index in [2.05, 4.69) is 205 Å². The summed E-state index contributed by atoms with van der Waals surface area (Å²) in [7, 11) is 0. The molecule has 0 aliphatic carbocycles. The third kappa shape index (κ3) is 5.81. The molecule has 10 rings (SSSR count). The molecule has 0 amide bonds. The molecule has 9 aromatic carbocycles. The monoisotopic (exact) mass is 689 g/mol. The summed E-state index contributed by atoms with van der Waals surface area (Å²) in [6.07, 6.45) is 0. The van der Waals surface area contributed by atoms with E-state index < -0.39 is 0 Å². The molecule has 0 radical (unpaired) electrons. The van der Waals surface area contributed by atoms with Crippen LogP contribution in [0.1, 0.15) is 0 Å². The van der Waals surface area contributed by atoms with Crippen LogP contribution in [0.5, 0.6) is 0 Å². The number of hydrogen-bond donors (Lipinski definition) is 0. The van der Waals surface area contributed by atoms with Gasteiger partial charge in [0.15, 0.2) is 0 Å². The highest BCUT2D eigenvalue weighted by molar-refractivity contribution is 6.06. The van der Waals surface area contributed by atoms with Crippen LogP contribution in [0, 0.1) is 0 Å². The number of para-hydroxylation sites is 1. The van der Waals surface area contributed by atoms with Gasteiger partial charge in [-0.1, -0.05) is 152 Å². The number of furan rings is 1. The molecule has 2 heteroatoms. The van der Waals surface area contributed by atoms with Gasteiger partial charge in [-0.2, -0.15) is 0 Å². The Morgan fingerprint density at radius 3 is 1.67 bits per heavy atom. The maximum atomic E-state index is 6.16. The van der Waals surface area contributed by atoms with Gasteiger partial charge >= 0.3 is 0 Å². The van der Waals surface area contributed by atoms with E-state index in [-0.39, 0.29) is 0 Å². The quantitative estimate of drug-likeness (QED) is 0.166. The number of nitrogens with zero attached hydrogens (tertiary/aromatic N) is 1. The smallest absolute Gasteiger partial charge is 0.135 e. The number of rotatable bonds is 7. The van der Waals surface area contributed by atoms with Crippen molar-refractivity contribution in [3.63, 3.8) is 0 Å². The minimum atomic E-state index is 0.899. The van der Waals surface area contributed by atoms with Crippen molar-refractivity contribution >= 4 is 49.8 Å². The summed E-state index contributed by atoms with van der Waals surface area (Å²) < 4.78 is 6.16. The fourth-order valence-electron chi connectivity index (χ4n) is 7.75. The Hall–Kier alpha value is -7.16. The first-order chi connectivity index (χ1) is 26.7.